The van der Waals surface area contributed by atoms with Crippen LogP contribution < -0.4 is 15.6 Å². The van der Waals surface area contributed by atoms with Crippen molar-refractivity contribution in [2.24, 2.45) is 0 Å². The highest BCUT2D eigenvalue weighted by Crippen LogP contribution is 2.14. The number of nitrogens with one attached hydrogen (secondary N) is 2. The number of benzene rings is 2. The van der Waals surface area contributed by atoms with Gasteiger partial charge in [0.1, 0.15) is 11.6 Å². The molecule has 2 N–H and O–H groups in total. The summed E-state index contributed by atoms with van der Waals surface area (Å²) >= 11 is 0. The molecule has 0 aliphatic rings. The number of Topliss-reactive ketones (excluding diaryl/α,β-unsaturated/α-hetero) is 1. The first-order chi connectivity index (χ1) is 13.0. The number of carbonyl (C=O) groups is 3. The molecule has 6 nitrogen and oxygen atoms in total. The summed E-state index contributed by atoms with van der Waals surface area (Å²) in [7, 11) is 0. The molecule has 0 aliphatic carbocycles. The molecule has 0 bridgehead atoms. The molecule has 7 heteroatoms. The molecule has 0 atom stereocenters. The topological polar surface area (TPSA) is 84.5 Å². The lowest BCUT2D eigenvalue weighted by Crippen LogP contribution is -2.42. The summed E-state index contributed by atoms with van der Waals surface area (Å²) in [5.41, 5.74) is 5.64. The van der Waals surface area contributed by atoms with Crippen LogP contribution in [-0.4, -0.2) is 24.2 Å². The van der Waals surface area contributed by atoms with Crippen LogP contribution in [0, 0.1) is 5.82 Å². The van der Waals surface area contributed by atoms with E-state index in [0.717, 1.165) is 0 Å². The van der Waals surface area contributed by atoms with Crippen LogP contribution in [0.2, 0.25) is 0 Å². The zero-order valence-corrected chi connectivity index (χ0v) is 15.0. The van der Waals surface area contributed by atoms with E-state index in [1.807, 2.05) is 6.92 Å². The normalized spacial score (nSPS) is 10.1. The van der Waals surface area contributed by atoms with Crippen LogP contribution in [0.5, 0.6) is 5.75 Å². The number of amides is 2. The van der Waals surface area contributed by atoms with Crippen LogP contribution in [-0.2, 0) is 16.0 Å². The van der Waals surface area contributed by atoms with E-state index in [4.69, 9.17) is 4.74 Å². The number of carbonyl (C=O) groups excluding carboxylic acids is 3. The van der Waals surface area contributed by atoms with Gasteiger partial charge in [-0.3, -0.25) is 25.2 Å². The van der Waals surface area contributed by atoms with Crippen LogP contribution in [0.15, 0.2) is 48.5 Å². The lowest BCUT2D eigenvalue weighted by molar-refractivity contribution is -0.128. The molecule has 142 valence electrons. The summed E-state index contributed by atoms with van der Waals surface area (Å²) in [5.74, 6) is -0.791. The van der Waals surface area contributed by atoms with E-state index in [-0.39, 0.29) is 30.9 Å². The van der Waals surface area contributed by atoms with E-state index in [1.54, 1.807) is 24.3 Å². The number of ketones is 1. The fourth-order valence-electron chi connectivity index (χ4n) is 2.31. The largest absolute Gasteiger partial charge is 0.494 e. The summed E-state index contributed by atoms with van der Waals surface area (Å²) in [6.07, 6.45) is -0.0256. The summed E-state index contributed by atoms with van der Waals surface area (Å²) < 4.78 is 18.1. The molecule has 0 spiro atoms. The highest BCUT2D eigenvalue weighted by Gasteiger charge is 2.11. The first-order valence-corrected chi connectivity index (χ1v) is 8.56. The Morgan fingerprint density at radius 2 is 1.52 bits per heavy atom. The fraction of sp³-hybridized carbons (Fsp3) is 0.250. The van der Waals surface area contributed by atoms with Gasteiger partial charge in [-0.25, -0.2) is 4.39 Å². The van der Waals surface area contributed by atoms with Crippen molar-refractivity contribution in [1.82, 2.24) is 10.9 Å². The predicted octanol–water partition coefficient (Wildman–Crippen LogP) is 2.58. The first kappa shape index (κ1) is 20.1. The Morgan fingerprint density at radius 3 is 2.15 bits per heavy atom. The van der Waals surface area contributed by atoms with Crippen molar-refractivity contribution in [3.8, 4) is 5.75 Å². The van der Waals surface area contributed by atoms with E-state index in [2.05, 4.69) is 10.9 Å². The smallest absolute Gasteiger partial charge is 0.242 e. The molecule has 2 amide bonds. The molecule has 0 fully saturated rings. The molecule has 2 aromatic carbocycles. The van der Waals surface area contributed by atoms with Gasteiger partial charge in [-0.15, -0.1) is 0 Å². The van der Waals surface area contributed by atoms with Crippen molar-refractivity contribution in [2.75, 3.05) is 6.61 Å². The van der Waals surface area contributed by atoms with Gasteiger partial charge >= 0.3 is 0 Å². The third-order valence-corrected chi connectivity index (χ3v) is 3.69. The lowest BCUT2D eigenvalue weighted by atomic mass is 10.1. The van der Waals surface area contributed by atoms with Gasteiger partial charge < -0.3 is 4.74 Å². The Kier molecular flexibility index (Phi) is 7.49. The minimum atomic E-state index is -0.471. The lowest BCUT2D eigenvalue weighted by Gasteiger charge is -2.08. The second kappa shape index (κ2) is 10.1. The maximum atomic E-state index is 12.8. The Bertz CT molecular complexity index is 789. The van der Waals surface area contributed by atoms with Crippen molar-refractivity contribution in [1.29, 1.82) is 0 Å². The first-order valence-electron chi connectivity index (χ1n) is 8.56. The van der Waals surface area contributed by atoms with E-state index in [1.165, 1.54) is 24.3 Å². The van der Waals surface area contributed by atoms with E-state index in [9.17, 15) is 18.8 Å². The standard InChI is InChI=1S/C20H21FN2O4/c1-2-27-17-9-5-15(6-10-17)18(24)11-12-19(25)22-23-20(26)13-14-3-7-16(21)8-4-14/h3-10H,2,11-13H2,1H3,(H,22,25)(H,23,26). The monoisotopic (exact) mass is 372 g/mol. The maximum absolute atomic E-state index is 12.8. The third kappa shape index (κ3) is 6.89. The van der Waals surface area contributed by atoms with Crippen molar-refractivity contribution >= 4 is 17.6 Å². The Labute approximate surface area is 156 Å². The SMILES string of the molecule is CCOc1ccc(C(=O)CCC(=O)NNC(=O)Cc2ccc(F)cc2)cc1. The summed E-state index contributed by atoms with van der Waals surface area (Å²) in [4.78, 5) is 35.6. The van der Waals surface area contributed by atoms with Gasteiger partial charge in [0, 0.05) is 18.4 Å². The minimum absolute atomic E-state index is 0.00563. The summed E-state index contributed by atoms with van der Waals surface area (Å²) in [6, 6.07) is 12.2. The van der Waals surface area contributed by atoms with Crippen LogP contribution in [0.4, 0.5) is 4.39 Å². The van der Waals surface area contributed by atoms with Gasteiger partial charge in [-0.2, -0.15) is 0 Å². The fourth-order valence-corrected chi connectivity index (χ4v) is 2.31. The molecular formula is C20H21FN2O4. The van der Waals surface area contributed by atoms with Gasteiger partial charge in [0.05, 0.1) is 13.0 Å². The molecule has 0 aromatic heterocycles. The van der Waals surface area contributed by atoms with Crippen molar-refractivity contribution in [2.45, 2.75) is 26.2 Å². The van der Waals surface area contributed by atoms with Gasteiger partial charge in [0.25, 0.3) is 0 Å². The number of hydrogen-bond acceptors (Lipinski definition) is 4. The molecule has 0 unspecified atom stereocenters. The third-order valence-electron chi connectivity index (χ3n) is 3.69. The van der Waals surface area contributed by atoms with E-state index in [0.29, 0.717) is 23.5 Å². The Morgan fingerprint density at radius 1 is 0.889 bits per heavy atom. The van der Waals surface area contributed by atoms with Crippen molar-refractivity contribution in [3.63, 3.8) is 0 Å². The molecule has 2 aromatic rings. The van der Waals surface area contributed by atoms with Gasteiger partial charge in [0.15, 0.2) is 5.78 Å². The maximum Gasteiger partial charge on any atom is 0.242 e. The Balaban J connectivity index is 1.71. The average Bonchev–Trinajstić information content (AvgIpc) is 2.67. The number of ether oxygens (including phenoxy) is 1. The van der Waals surface area contributed by atoms with Gasteiger partial charge in [-0.05, 0) is 48.9 Å². The molecule has 0 saturated heterocycles. The van der Waals surface area contributed by atoms with Crippen LogP contribution in [0.25, 0.3) is 0 Å². The molecule has 0 radical (unpaired) electrons. The molecule has 0 aliphatic heterocycles. The molecular weight excluding hydrogens is 351 g/mol. The number of hydrogen-bond donors (Lipinski definition) is 2. The molecule has 27 heavy (non-hydrogen) atoms. The zero-order valence-electron chi connectivity index (χ0n) is 15.0. The van der Waals surface area contributed by atoms with E-state index < -0.39 is 11.8 Å². The highest BCUT2D eigenvalue weighted by molar-refractivity contribution is 5.98. The Hall–Kier alpha value is -3.22. The summed E-state index contributed by atoms with van der Waals surface area (Å²) in [6.45, 7) is 2.41. The van der Waals surface area contributed by atoms with Gasteiger partial charge in [-0.1, -0.05) is 12.1 Å². The number of halogens is 1. The number of hydrazine groups is 1. The van der Waals surface area contributed by atoms with Crippen molar-refractivity contribution in [3.05, 3.63) is 65.5 Å². The van der Waals surface area contributed by atoms with Gasteiger partial charge in [0.2, 0.25) is 11.8 Å². The molecule has 2 rings (SSSR count). The summed E-state index contributed by atoms with van der Waals surface area (Å²) in [5, 5.41) is 0. The average molecular weight is 372 g/mol. The highest BCUT2D eigenvalue weighted by atomic mass is 19.1. The second-order valence-electron chi connectivity index (χ2n) is 5.78. The zero-order chi connectivity index (χ0) is 19.6. The van der Waals surface area contributed by atoms with E-state index >= 15 is 0 Å². The van der Waals surface area contributed by atoms with Crippen molar-refractivity contribution < 1.29 is 23.5 Å². The van der Waals surface area contributed by atoms with Crippen LogP contribution in [0.3, 0.4) is 0 Å². The minimum Gasteiger partial charge on any atom is -0.494 e. The second-order valence-corrected chi connectivity index (χ2v) is 5.78. The quantitative estimate of drug-likeness (QED) is 0.551. The van der Waals surface area contributed by atoms with Crippen LogP contribution >= 0.6 is 0 Å². The predicted molar refractivity (Wildman–Crippen MR) is 97.6 cm³/mol. The molecule has 0 heterocycles. The van der Waals surface area contributed by atoms with Crippen LogP contribution in [0.1, 0.15) is 35.7 Å². The molecule has 0 saturated carbocycles. The number of rotatable bonds is 8.